The van der Waals surface area contributed by atoms with Crippen LogP contribution in [0.2, 0.25) is 0 Å². The molecule has 1 N–H and O–H groups in total. The van der Waals surface area contributed by atoms with E-state index in [4.69, 9.17) is 4.74 Å². The van der Waals surface area contributed by atoms with E-state index < -0.39 is 5.41 Å². The minimum atomic E-state index is -0.452. The van der Waals surface area contributed by atoms with Crippen molar-refractivity contribution in [2.45, 2.75) is 42.2 Å². The monoisotopic (exact) mass is 549 g/mol. The van der Waals surface area contributed by atoms with Gasteiger partial charge in [-0.15, -0.1) is 0 Å². The summed E-state index contributed by atoms with van der Waals surface area (Å²) in [6.45, 7) is 6.47. The van der Waals surface area contributed by atoms with Crippen molar-refractivity contribution in [3.05, 3.63) is 29.8 Å². The van der Waals surface area contributed by atoms with Crippen LogP contribution in [0, 0.1) is 16.2 Å². The molecule has 1 aromatic carbocycles. The Kier molecular flexibility index (Phi) is 5.39. The number of fused-ring (bicyclic) bond motifs is 1. The van der Waals surface area contributed by atoms with Crippen molar-refractivity contribution in [1.82, 2.24) is 0 Å². The Labute approximate surface area is 179 Å². The highest BCUT2D eigenvalue weighted by Crippen LogP contribution is 2.82. The second-order valence-electron chi connectivity index (χ2n) is 7.55. The first-order chi connectivity index (χ1) is 12.1. The lowest BCUT2D eigenvalue weighted by Crippen LogP contribution is -2.71. The molecule has 2 bridgehead atoms. The highest BCUT2D eigenvalue weighted by atomic mass is 79.9. The summed E-state index contributed by atoms with van der Waals surface area (Å²) in [7, 11) is 0. The Balaban J connectivity index is 1.78. The molecule has 0 aliphatic heterocycles. The van der Waals surface area contributed by atoms with Crippen molar-refractivity contribution in [2.75, 3.05) is 11.9 Å². The summed E-state index contributed by atoms with van der Waals surface area (Å²) < 4.78 is 5.13. The van der Waals surface area contributed by atoms with Gasteiger partial charge in [0.15, 0.2) is 0 Å². The predicted molar refractivity (Wildman–Crippen MR) is 113 cm³/mol. The molecule has 0 heterocycles. The van der Waals surface area contributed by atoms with Gasteiger partial charge in [-0.2, -0.15) is 0 Å². The van der Waals surface area contributed by atoms with Crippen LogP contribution in [0.4, 0.5) is 5.69 Å². The van der Waals surface area contributed by atoms with Crippen molar-refractivity contribution < 1.29 is 14.3 Å². The van der Waals surface area contributed by atoms with Crippen LogP contribution < -0.4 is 5.32 Å². The summed E-state index contributed by atoms with van der Waals surface area (Å²) in [5, 5.41) is 3.05. The topological polar surface area (TPSA) is 55.4 Å². The van der Waals surface area contributed by atoms with E-state index in [-0.39, 0.29) is 31.3 Å². The standard InChI is InChI=1S/C19H22Br3NO3/c1-4-26-13(24)11-5-7-12(8-6-11)23-16(25)19-10-9-18(14(19)20,15(21)22)17(19,2)3/h5-8,14-15H,4,9-10H2,1-3H3,(H,23,25). The molecular weight excluding hydrogens is 530 g/mol. The third-order valence-electron chi connectivity index (χ3n) is 6.55. The molecule has 142 valence electrons. The van der Waals surface area contributed by atoms with Crippen LogP contribution in [0.25, 0.3) is 0 Å². The van der Waals surface area contributed by atoms with Crippen LogP contribution in [-0.4, -0.2) is 27.0 Å². The minimum absolute atomic E-state index is 0.00188. The van der Waals surface area contributed by atoms with Crippen molar-refractivity contribution >= 4 is 65.4 Å². The molecule has 7 heteroatoms. The molecule has 3 aliphatic carbocycles. The molecule has 4 rings (SSSR count). The summed E-state index contributed by atoms with van der Waals surface area (Å²) in [6, 6.07) is 6.84. The number of nitrogens with one attached hydrogen (secondary N) is 1. The zero-order chi connectivity index (χ0) is 19.3. The highest BCUT2D eigenvalue weighted by molar-refractivity contribution is 9.24. The third kappa shape index (κ3) is 2.49. The molecule has 3 saturated carbocycles. The zero-order valence-corrected chi connectivity index (χ0v) is 19.7. The van der Waals surface area contributed by atoms with Crippen molar-refractivity contribution in [1.29, 1.82) is 0 Å². The highest BCUT2D eigenvalue weighted by Gasteiger charge is 2.83. The Bertz CT molecular complexity index is 734. The van der Waals surface area contributed by atoms with Crippen molar-refractivity contribution in [3.8, 4) is 0 Å². The molecule has 0 spiro atoms. The number of carbonyl (C=O) groups excluding carboxylic acids is 2. The van der Waals surface area contributed by atoms with Gasteiger partial charge >= 0.3 is 5.97 Å². The van der Waals surface area contributed by atoms with E-state index in [1.54, 1.807) is 31.2 Å². The van der Waals surface area contributed by atoms with Gasteiger partial charge in [-0.1, -0.05) is 61.6 Å². The first-order valence-corrected chi connectivity index (χ1v) is 11.4. The predicted octanol–water partition coefficient (Wildman–Crippen LogP) is 5.49. The quantitative estimate of drug-likeness (QED) is 0.389. The van der Waals surface area contributed by atoms with Crippen LogP contribution in [0.3, 0.4) is 0 Å². The van der Waals surface area contributed by atoms with E-state index >= 15 is 0 Å². The first-order valence-electron chi connectivity index (χ1n) is 8.66. The maximum atomic E-state index is 13.2. The van der Waals surface area contributed by atoms with Crippen LogP contribution in [0.5, 0.6) is 0 Å². The Morgan fingerprint density at radius 3 is 2.31 bits per heavy atom. The van der Waals surface area contributed by atoms with E-state index in [0.717, 1.165) is 12.8 Å². The lowest BCUT2D eigenvalue weighted by Gasteiger charge is -2.66. The van der Waals surface area contributed by atoms with E-state index in [1.165, 1.54) is 0 Å². The Hall–Kier alpha value is -0.400. The number of anilines is 1. The van der Waals surface area contributed by atoms with E-state index in [2.05, 4.69) is 67.0 Å². The van der Waals surface area contributed by atoms with E-state index in [1.807, 2.05) is 0 Å². The molecule has 1 amide bonds. The van der Waals surface area contributed by atoms with Gasteiger partial charge in [-0.3, -0.25) is 4.79 Å². The second kappa shape index (κ2) is 6.89. The molecule has 0 radical (unpaired) electrons. The van der Waals surface area contributed by atoms with Gasteiger partial charge < -0.3 is 10.1 Å². The maximum absolute atomic E-state index is 13.2. The van der Waals surface area contributed by atoms with E-state index in [0.29, 0.717) is 17.9 Å². The van der Waals surface area contributed by atoms with Gasteiger partial charge in [0.1, 0.15) is 0 Å². The molecule has 3 unspecified atom stereocenters. The van der Waals surface area contributed by atoms with Crippen LogP contribution in [0.15, 0.2) is 24.3 Å². The number of alkyl halides is 3. The maximum Gasteiger partial charge on any atom is 0.338 e. The SMILES string of the molecule is CCOC(=O)c1ccc(NC(=O)C23CCC(C(Br)Br)(C2Br)C3(C)C)cc1. The normalized spacial score (nSPS) is 31.4. The largest absolute Gasteiger partial charge is 0.462 e. The molecular formula is C19H22Br3NO3. The number of hydrogen-bond donors (Lipinski definition) is 1. The Morgan fingerprint density at radius 1 is 1.23 bits per heavy atom. The number of benzene rings is 1. The molecule has 3 fully saturated rings. The van der Waals surface area contributed by atoms with E-state index in [9.17, 15) is 9.59 Å². The summed E-state index contributed by atoms with van der Waals surface area (Å²) in [4.78, 5) is 25.1. The molecule has 0 saturated heterocycles. The summed E-state index contributed by atoms with van der Waals surface area (Å²) in [6.07, 6.45) is 1.82. The van der Waals surface area contributed by atoms with Gasteiger partial charge in [-0.25, -0.2) is 4.79 Å². The number of carbonyl (C=O) groups is 2. The van der Waals surface area contributed by atoms with Gasteiger partial charge in [0.2, 0.25) is 5.91 Å². The number of ether oxygens (including phenoxy) is 1. The summed E-state index contributed by atoms with van der Waals surface area (Å²) in [5.41, 5.74) is 0.559. The number of amides is 1. The van der Waals surface area contributed by atoms with Gasteiger partial charge in [0.05, 0.1) is 21.3 Å². The third-order valence-corrected chi connectivity index (χ3v) is 9.78. The smallest absolute Gasteiger partial charge is 0.338 e. The average Bonchev–Trinajstić information content (AvgIpc) is 3.05. The fourth-order valence-corrected chi connectivity index (χ4v) is 9.76. The number of esters is 1. The van der Waals surface area contributed by atoms with Crippen molar-refractivity contribution in [2.24, 2.45) is 16.2 Å². The van der Waals surface area contributed by atoms with Gasteiger partial charge in [0, 0.05) is 15.9 Å². The fourth-order valence-electron chi connectivity index (χ4n) is 4.84. The minimum Gasteiger partial charge on any atom is -0.462 e. The van der Waals surface area contributed by atoms with Gasteiger partial charge in [0.25, 0.3) is 0 Å². The van der Waals surface area contributed by atoms with Crippen LogP contribution in [0.1, 0.15) is 44.0 Å². The lowest BCUT2D eigenvalue weighted by molar-refractivity contribution is -0.155. The fraction of sp³-hybridized carbons (Fsp3) is 0.579. The number of hydrogen-bond acceptors (Lipinski definition) is 3. The molecule has 3 aliphatic rings. The van der Waals surface area contributed by atoms with Gasteiger partial charge in [-0.05, 0) is 49.4 Å². The van der Waals surface area contributed by atoms with Crippen molar-refractivity contribution in [3.63, 3.8) is 0 Å². The molecule has 0 aromatic heterocycles. The Morgan fingerprint density at radius 2 is 1.85 bits per heavy atom. The second-order valence-corrected chi connectivity index (χ2v) is 11.5. The molecule has 4 nitrogen and oxygen atoms in total. The summed E-state index contributed by atoms with van der Waals surface area (Å²) in [5.74, 6) is -0.326. The van der Waals surface area contributed by atoms with Crippen LogP contribution in [-0.2, 0) is 9.53 Å². The van der Waals surface area contributed by atoms with Crippen LogP contribution >= 0.6 is 47.8 Å². The average molecular weight is 552 g/mol. The number of halogens is 3. The molecule has 26 heavy (non-hydrogen) atoms. The zero-order valence-electron chi connectivity index (χ0n) is 14.9. The number of rotatable bonds is 5. The first kappa shape index (κ1) is 20.3. The summed E-state index contributed by atoms with van der Waals surface area (Å²) >= 11 is 11.2. The lowest BCUT2D eigenvalue weighted by atomic mass is 9.43. The molecule has 1 aromatic rings. The molecule has 3 atom stereocenters.